The molecule has 0 spiro atoms. The number of hydrogen-bond donors (Lipinski definition) is 2. The Morgan fingerprint density at radius 2 is 1.97 bits per heavy atom. The van der Waals surface area contributed by atoms with Gasteiger partial charge in [0, 0.05) is 45.7 Å². The topological polar surface area (TPSA) is 117 Å². The summed E-state index contributed by atoms with van der Waals surface area (Å²) in [6.07, 6.45) is 2.87. The summed E-state index contributed by atoms with van der Waals surface area (Å²) >= 11 is -0.866. The molecule has 1 unspecified atom stereocenters. The number of aromatic nitrogens is 2. The molecular weight excluding hydrogens is 434 g/mol. The summed E-state index contributed by atoms with van der Waals surface area (Å²) in [5, 5.41) is 3.46. The van der Waals surface area contributed by atoms with E-state index in [-0.39, 0.29) is 29.9 Å². The van der Waals surface area contributed by atoms with Crippen molar-refractivity contribution in [2.24, 2.45) is 5.92 Å². The van der Waals surface area contributed by atoms with Crippen molar-refractivity contribution in [3.8, 4) is 0 Å². The molecule has 174 valence electrons. The van der Waals surface area contributed by atoms with Gasteiger partial charge in [-0.05, 0) is 19.3 Å². The molecule has 1 aromatic rings. The van der Waals surface area contributed by atoms with E-state index in [2.05, 4.69) is 5.32 Å². The standard InChI is InChI=1S/C21H30N5O5S/c1-13(27)25-6-2-15(10-25)22-19-18-17(5-9-32(18)29)23-21(24-19)26-11-16(12-26)31-20(28)14-3-7-30-8-4-14/h14-16,29H,2-12H2,1H3,(H,22,23,24)/q+1/t15-,32?/m1/s1. The molecule has 0 aromatic carbocycles. The Kier molecular flexibility index (Phi) is 6.13. The van der Waals surface area contributed by atoms with Crippen molar-refractivity contribution < 1.29 is 23.6 Å². The number of aryl methyl sites for hydroxylation is 1. The van der Waals surface area contributed by atoms with Gasteiger partial charge in [-0.3, -0.25) is 9.59 Å². The molecule has 0 bridgehead atoms. The molecule has 10 nitrogen and oxygen atoms in total. The first kappa shape index (κ1) is 21.7. The van der Waals surface area contributed by atoms with E-state index in [1.807, 2.05) is 9.80 Å². The van der Waals surface area contributed by atoms with Gasteiger partial charge in [-0.25, -0.2) is 4.98 Å². The highest BCUT2D eigenvalue weighted by Gasteiger charge is 2.41. The molecule has 2 N–H and O–H groups in total. The van der Waals surface area contributed by atoms with Gasteiger partial charge in [0.05, 0.1) is 19.0 Å². The average molecular weight is 465 g/mol. The number of carbonyl (C=O) groups excluding carboxylic acids is 2. The number of likely N-dealkylation sites (tertiary alicyclic amines) is 1. The minimum atomic E-state index is -0.866. The van der Waals surface area contributed by atoms with Crippen molar-refractivity contribution in [2.75, 3.05) is 55.4 Å². The minimum Gasteiger partial charge on any atom is -0.458 e. The lowest BCUT2D eigenvalue weighted by molar-refractivity contribution is -0.158. The predicted molar refractivity (Wildman–Crippen MR) is 119 cm³/mol. The van der Waals surface area contributed by atoms with Gasteiger partial charge in [-0.15, -0.1) is 0 Å². The lowest BCUT2D eigenvalue weighted by Crippen LogP contribution is -2.54. The Bertz CT molecular complexity index is 890. The molecule has 32 heavy (non-hydrogen) atoms. The summed E-state index contributed by atoms with van der Waals surface area (Å²) in [6.45, 7) is 5.32. The summed E-state index contributed by atoms with van der Waals surface area (Å²) < 4.78 is 21.5. The number of amides is 1. The number of fused-ring (bicyclic) bond motifs is 1. The van der Waals surface area contributed by atoms with Crippen LogP contribution in [-0.4, -0.2) is 88.6 Å². The van der Waals surface area contributed by atoms with E-state index >= 15 is 0 Å². The second kappa shape index (κ2) is 9.03. The van der Waals surface area contributed by atoms with Crippen LogP contribution < -0.4 is 10.2 Å². The maximum Gasteiger partial charge on any atom is 0.309 e. The van der Waals surface area contributed by atoms with E-state index in [4.69, 9.17) is 19.4 Å². The smallest absolute Gasteiger partial charge is 0.309 e. The number of nitrogens with zero attached hydrogens (tertiary/aromatic N) is 4. The highest BCUT2D eigenvalue weighted by molar-refractivity contribution is 7.92. The number of ether oxygens (including phenoxy) is 2. The largest absolute Gasteiger partial charge is 0.458 e. The first-order valence-corrected chi connectivity index (χ1v) is 12.7. The molecule has 11 heteroatoms. The number of carbonyl (C=O) groups is 2. The number of nitrogens with one attached hydrogen (secondary N) is 1. The third kappa shape index (κ3) is 4.38. The fraction of sp³-hybridized carbons (Fsp3) is 0.714. The Balaban J connectivity index is 1.24. The van der Waals surface area contributed by atoms with E-state index < -0.39 is 11.2 Å². The zero-order valence-corrected chi connectivity index (χ0v) is 19.1. The molecule has 0 aliphatic carbocycles. The third-order valence-corrected chi connectivity index (χ3v) is 8.13. The fourth-order valence-electron chi connectivity index (χ4n) is 4.66. The number of esters is 1. The van der Waals surface area contributed by atoms with Crippen LogP contribution in [0.5, 0.6) is 0 Å². The first-order chi connectivity index (χ1) is 15.5. The van der Waals surface area contributed by atoms with E-state index in [1.54, 1.807) is 6.92 Å². The van der Waals surface area contributed by atoms with Crippen molar-refractivity contribution in [3.05, 3.63) is 5.69 Å². The molecule has 1 amide bonds. The number of rotatable bonds is 5. The Morgan fingerprint density at radius 3 is 2.69 bits per heavy atom. The van der Waals surface area contributed by atoms with Gasteiger partial charge in [-0.2, -0.15) is 9.54 Å². The maximum absolute atomic E-state index is 12.4. The van der Waals surface area contributed by atoms with Crippen LogP contribution in [-0.2, 0) is 36.7 Å². The second-order valence-electron chi connectivity index (χ2n) is 8.91. The summed E-state index contributed by atoms with van der Waals surface area (Å²) in [5.74, 6) is 1.82. The van der Waals surface area contributed by atoms with Crippen LogP contribution in [0.15, 0.2) is 4.90 Å². The van der Waals surface area contributed by atoms with Gasteiger partial charge >= 0.3 is 5.97 Å². The molecule has 3 saturated heterocycles. The highest BCUT2D eigenvalue weighted by atomic mass is 32.2. The van der Waals surface area contributed by atoms with Crippen molar-refractivity contribution in [3.63, 3.8) is 0 Å². The minimum absolute atomic E-state index is 0.0618. The molecule has 0 saturated carbocycles. The van der Waals surface area contributed by atoms with Crippen LogP contribution in [0.4, 0.5) is 11.8 Å². The lowest BCUT2D eigenvalue weighted by Gasteiger charge is -2.39. The maximum atomic E-state index is 12.4. The van der Waals surface area contributed by atoms with Crippen LogP contribution in [0.25, 0.3) is 0 Å². The van der Waals surface area contributed by atoms with E-state index in [1.165, 1.54) is 0 Å². The summed E-state index contributed by atoms with van der Waals surface area (Å²) in [4.78, 5) is 38.1. The first-order valence-electron chi connectivity index (χ1n) is 11.3. The van der Waals surface area contributed by atoms with Gasteiger partial charge in [0.1, 0.15) is 11.8 Å². The molecule has 5 rings (SSSR count). The van der Waals surface area contributed by atoms with Gasteiger partial charge in [0.15, 0.2) is 22.7 Å². The molecule has 3 fully saturated rings. The second-order valence-corrected chi connectivity index (χ2v) is 10.5. The SMILES string of the molecule is CC(=O)N1CC[C@@H](Nc2nc(N3CC(OC(=O)C4CCOCC4)C3)nc3c2[S+](O)CC3)C1. The van der Waals surface area contributed by atoms with Crippen LogP contribution in [0.3, 0.4) is 0 Å². The zero-order valence-electron chi connectivity index (χ0n) is 18.3. The number of hydrogen-bond acceptors (Lipinski definition) is 9. The predicted octanol–water partition coefficient (Wildman–Crippen LogP) is 0.674. The Morgan fingerprint density at radius 1 is 1.19 bits per heavy atom. The number of anilines is 2. The van der Waals surface area contributed by atoms with Crippen molar-refractivity contribution in [2.45, 2.75) is 49.6 Å². The Labute approximate surface area is 190 Å². The fourth-order valence-corrected chi connectivity index (χ4v) is 6.00. The molecule has 5 heterocycles. The summed E-state index contributed by atoms with van der Waals surface area (Å²) in [7, 11) is 0. The van der Waals surface area contributed by atoms with Crippen molar-refractivity contribution in [1.82, 2.24) is 14.9 Å². The van der Waals surface area contributed by atoms with E-state index in [0.29, 0.717) is 50.4 Å². The Hall–Kier alpha value is -2.11. The molecular formula is C21H30N5O5S+. The zero-order chi connectivity index (χ0) is 22.2. The van der Waals surface area contributed by atoms with Crippen LogP contribution in [0.1, 0.15) is 31.9 Å². The van der Waals surface area contributed by atoms with Crippen LogP contribution in [0, 0.1) is 5.92 Å². The molecule has 4 aliphatic heterocycles. The quantitative estimate of drug-likeness (QED) is 0.479. The van der Waals surface area contributed by atoms with Gasteiger partial charge in [-0.1, -0.05) is 0 Å². The monoisotopic (exact) mass is 464 g/mol. The molecule has 4 aliphatic rings. The molecule has 0 radical (unpaired) electrons. The highest BCUT2D eigenvalue weighted by Crippen LogP contribution is 2.34. The van der Waals surface area contributed by atoms with Gasteiger partial charge < -0.3 is 24.6 Å². The van der Waals surface area contributed by atoms with Crippen molar-refractivity contribution in [1.29, 1.82) is 0 Å². The molecule has 2 atom stereocenters. The molecule has 1 aromatic heterocycles. The van der Waals surface area contributed by atoms with Crippen molar-refractivity contribution >= 4 is 34.8 Å². The van der Waals surface area contributed by atoms with E-state index in [9.17, 15) is 14.1 Å². The summed E-state index contributed by atoms with van der Waals surface area (Å²) in [5.41, 5.74) is 0.882. The lowest BCUT2D eigenvalue weighted by atomic mass is 10.0. The van der Waals surface area contributed by atoms with E-state index in [0.717, 1.165) is 42.8 Å². The third-order valence-electron chi connectivity index (χ3n) is 6.63. The van der Waals surface area contributed by atoms with Gasteiger partial charge in [0.2, 0.25) is 11.9 Å². The summed E-state index contributed by atoms with van der Waals surface area (Å²) in [6, 6.07) is 0.105. The average Bonchev–Trinajstić information content (AvgIpc) is 3.38. The van der Waals surface area contributed by atoms with Crippen LogP contribution >= 0.6 is 0 Å². The normalized spacial score (nSPS) is 26.1. The van der Waals surface area contributed by atoms with Crippen LogP contribution in [0.2, 0.25) is 0 Å². The van der Waals surface area contributed by atoms with Gasteiger partial charge in [0.25, 0.3) is 4.90 Å².